The number of ether oxygens (including phenoxy) is 1. The number of alkyl halides is 1. The van der Waals surface area contributed by atoms with Crippen LogP contribution in [0.25, 0.3) is 0 Å². The van der Waals surface area contributed by atoms with Crippen LogP contribution in [0.3, 0.4) is 0 Å². The molecule has 258 valence electrons. The SMILES string of the molecule is COC(=O)N[C@H]1CCC[C@@H]1C(CN1CCC1)(c1cccc(F)c1)C1CCN(CC2(F)CN(c3ccc(C#N)c(C(=O)N(C)C)c3)C2)CC1. The molecule has 0 bridgehead atoms. The summed E-state index contributed by atoms with van der Waals surface area (Å²) >= 11 is 0. The molecule has 4 fully saturated rings. The van der Waals surface area contributed by atoms with Crippen LogP contribution in [0.5, 0.6) is 0 Å². The Morgan fingerprint density at radius 2 is 1.79 bits per heavy atom. The van der Waals surface area contributed by atoms with E-state index in [4.69, 9.17) is 4.74 Å². The first-order chi connectivity index (χ1) is 23.0. The number of hydrogen-bond acceptors (Lipinski definition) is 7. The van der Waals surface area contributed by atoms with E-state index in [1.54, 1.807) is 38.4 Å². The van der Waals surface area contributed by atoms with Crippen LogP contribution in [-0.2, 0) is 10.2 Å². The zero-order valence-corrected chi connectivity index (χ0v) is 28.4. The first kappa shape index (κ1) is 34.1. The molecule has 1 saturated carbocycles. The molecule has 6 rings (SSSR count). The number of methoxy groups -OCH3 is 1. The summed E-state index contributed by atoms with van der Waals surface area (Å²) in [5.74, 6) is -0.139. The Balaban J connectivity index is 1.18. The van der Waals surface area contributed by atoms with Crippen LogP contribution in [0.1, 0.15) is 60.0 Å². The van der Waals surface area contributed by atoms with Gasteiger partial charge in [0.25, 0.3) is 5.91 Å². The number of anilines is 1. The Kier molecular flexibility index (Phi) is 9.96. The van der Waals surface area contributed by atoms with Crippen LogP contribution in [0, 0.1) is 29.0 Å². The van der Waals surface area contributed by atoms with Crippen LogP contribution in [0.15, 0.2) is 42.5 Å². The van der Waals surface area contributed by atoms with Crippen molar-refractivity contribution < 1.29 is 23.1 Å². The van der Waals surface area contributed by atoms with Gasteiger partial charge < -0.3 is 24.8 Å². The summed E-state index contributed by atoms with van der Waals surface area (Å²) in [5, 5.41) is 12.6. The molecular weight excluding hydrogens is 614 g/mol. The van der Waals surface area contributed by atoms with Gasteiger partial charge in [0.1, 0.15) is 5.82 Å². The minimum atomic E-state index is -1.38. The Labute approximate surface area is 282 Å². The molecule has 0 spiro atoms. The van der Waals surface area contributed by atoms with E-state index in [1.165, 1.54) is 18.1 Å². The standard InChI is InChI=1S/C37H48F2N6O3/c1-42(2)34(46)31-20-30(12-11-26(31)21-40)45-23-36(39,24-45)22-44-17-13-27(14-18-44)37(25-43-15-6-16-43,28-7-4-8-29(38)19-28)32-9-5-10-33(32)41-35(47)48-3/h4,7-8,11-12,19-20,27,32-33H,5-6,9-10,13-18,22-25H2,1-3H3,(H,41,47)/t32-,33-,37?/m0/s1. The smallest absolute Gasteiger partial charge is 0.407 e. The van der Waals surface area contributed by atoms with Gasteiger partial charge in [-0.25, -0.2) is 13.6 Å². The Bertz CT molecular complexity index is 1530. The van der Waals surface area contributed by atoms with E-state index in [1.807, 2.05) is 11.0 Å². The number of benzene rings is 2. The number of nitrogens with one attached hydrogen (secondary N) is 1. The first-order valence-corrected chi connectivity index (χ1v) is 17.3. The van der Waals surface area contributed by atoms with Gasteiger partial charge in [-0.2, -0.15) is 5.26 Å². The van der Waals surface area contributed by atoms with Crippen molar-refractivity contribution in [3.63, 3.8) is 0 Å². The van der Waals surface area contributed by atoms with Gasteiger partial charge in [0.2, 0.25) is 0 Å². The van der Waals surface area contributed by atoms with E-state index in [2.05, 4.69) is 27.3 Å². The zero-order chi connectivity index (χ0) is 34.1. The number of rotatable bonds is 10. The van der Waals surface area contributed by atoms with Gasteiger partial charge in [-0.3, -0.25) is 9.69 Å². The number of alkyl carbamates (subject to hydrolysis) is 1. The fourth-order valence-corrected chi connectivity index (χ4v) is 8.91. The number of nitriles is 1. The van der Waals surface area contributed by atoms with Crippen molar-refractivity contribution in [2.24, 2.45) is 11.8 Å². The summed E-state index contributed by atoms with van der Waals surface area (Å²) < 4.78 is 36.1. The Hall–Kier alpha value is -3.75. The predicted molar refractivity (Wildman–Crippen MR) is 180 cm³/mol. The molecule has 1 unspecified atom stereocenters. The summed E-state index contributed by atoms with van der Waals surface area (Å²) in [7, 11) is 4.68. The molecule has 3 atom stereocenters. The van der Waals surface area contributed by atoms with E-state index in [9.17, 15) is 19.2 Å². The molecule has 11 heteroatoms. The topological polar surface area (TPSA) is 92.1 Å². The van der Waals surface area contributed by atoms with Crippen molar-refractivity contribution >= 4 is 17.7 Å². The maximum atomic E-state index is 16.2. The number of hydrogen-bond donors (Lipinski definition) is 1. The lowest BCUT2D eigenvalue weighted by atomic mass is 9.57. The molecule has 2 aromatic rings. The van der Waals surface area contributed by atoms with E-state index in [0.29, 0.717) is 17.7 Å². The quantitative estimate of drug-likeness (QED) is 0.391. The third-order valence-electron chi connectivity index (χ3n) is 11.4. The number of nitrogens with zero attached hydrogens (tertiary/aromatic N) is 5. The van der Waals surface area contributed by atoms with Crippen molar-refractivity contribution in [2.75, 3.05) is 78.5 Å². The summed E-state index contributed by atoms with van der Waals surface area (Å²) in [6, 6.07) is 14.2. The normalized spacial score (nSPS) is 24.1. The number of amides is 2. The number of halogens is 2. The monoisotopic (exact) mass is 662 g/mol. The minimum Gasteiger partial charge on any atom is -0.453 e. The molecule has 48 heavy (non-hydrogen) atoms. The highest BCUT2D eigenvalue weighted by Crippen LogP contribution is 2.51. The molecule has 3 aliphatic heterocycles. The zero-order valence-electron chi connectivity index (χ0n) is 28.4. The van der Waals surface area contributed by atoms with Crippen LogP contribution < -0.4 is 10.2 Å². The second-order valence-corrected chi connectivity index (χ2v) is 14.6. The van der Waals surface area contributed by atoms with Crippen LogP contribution in [0.4, 0.5) is 19.3 Å². The van der Waals surface area contributed by atoms with E-state index < -0.39 is 11.8 Å². The highest BCUT2D eigenvalue weighted by molar-refractivity contribution is 5.97. The van der Waals surface area contributed by atoms with Crippen molar-refractivity contribution in [2.45, 2.75) is 55.7 Å². The minimum absolute atomic E-state index is 0.0640. The molecule has 0 aromatic heterocycles. The lowest BCUT2D eigenvalue weighted by molar-refractivity contribution is 0.00584. The summed E-state index contributed by atoms with van der Waals surface area (Å²) in [4.78, 5) is 33.2. The van der Waals surface area contributed by atoms with E-state index in [-0.39, 0.29) is 48.1 Å². The maximum absolute atomic E-state index is 16.2. The largest absolute Gasteiger partial charge is 0.453 e. The lowest BCUT2D eigenvalue weighted by Crippen LogP contribution is -2.65. The molecule has 4 aliphatic rings. The number of likely N-dealkylation sites (tertiary alicyclic amines) is 2. The molecule has 9 nitrogen and oxygen atoms in total. The molecule has 2 amide bonds. The maximum Gasteiger partial charge on any atom is 0.407 e. The van der Waals surface area contributed by atoms with Crippen LogP contribution in [-0.4, -0.2) is 112 Å². The van der Waals surface area contributed by atoms with E-state index >= 15 is 4.39 Å². The Morgan fingerprint density at radius 1 is 1.04 bits per heavy atom. The van der Waals surface area contributed by atoms with Crippen molar-refractivity contribution in [3.8, 4) is 6.07 Å². The van der Waals surface area contributed by atoms with Crippen molar-refractivity contribution in [1.82, 2.24) is 20.0 Å². The van der Waals surface area contributed by atoms with Gasteiger partial charge in [-0.05, 0) is 106 Å². The lowest BCUT2D eigenvalue weighted by Gasteiger charge is -2.54. The number of piperidine rings is 1. The van der Waals surface area contributed by atoms with Crippen molar-refractivity contribution in [1.29, 1.82) is 5.26 Å². The van der Waals surface area contributed by atoms with E-state index in [0.717, 1.165) is 82.5 Å². The second kappa shape index (κ2) is 14.0. The molecule has 2 aromatic carbocycles. The Morgan fingerprint density at radius 3 is 2.42 bits per heavy atom. The summed E-state index contributed by atoms with van der Waals surface area (Å²) in [6.07, 6.45) is 5.23. The molecule has 1 aliphatic carbocycles. The van der Waals surface area contributed by atoms with Gasteiger partial charge in [-0.15, -0.1) is 0 Å². The second-order valence-electron chi connectivity index (χ2n) is 14.6. The van der Waals surface area contributed by atoms with Gasteiger partial charge in [0.05, 0.1) is 37.4 Å². The summed E-state index contributed by atoms with van der Waals surface area (Å²) in [6.45, 7) is 5.10. The highest BCUT2D eigenvalue weighted by Gasteiger charge is 2.54. The van der Waals surface area contributed by atoms with Crippen molar-refractivity contribution in [3.05, 3.63) is 65.0 Å². The average Bonchev–Trinajstić information content (AvgIpc) is 3.51. The number of carbonyl (C=O) groups excluding carboxylic acids is 2. The highest BCUT2D eigenvalue weighted by atomic mass is 19.1. The predicted octanol–water partition coefficient (Wildman–Crippen LogP) is 4.81. The third kappa shape index (κ3) is 6.74. The summed E-state index contributed by atoms with van der Waals surface area (Å²) in [5.41, 5.74) is 0.622. The molecule has 1 N–H and O–H groups in total. The first-order valence-electron chi connectivity index (χ1n) is 17.3. The van der Waals surface area contributed by atoms with Gasteiger partial charge in [-0.1, -0.05) is 18.6 Å². The molecule has 3 heterocycles. The fraction of sp³-hybridized carbons (Fsp3) is 0.595. The van der Waals surface area contributed by atoms with Crippen LogP contribution in [0.2, 0.25) is 0 Å². The average molecular weight is 663 g/mol. The van der Waals surface area contributed by atoms with Gasteiger partial charge in [0.15, 0.2) is 5.67 Å². The van der Waals surface area contributed by atoms with Crippen LogP contribution >= 0.6 is 0 Å². The van der Waals surface area contributed by atoms with Gasteiger partial charge >= 0.3 is 6.09 Å². The fourth-order valence-electron chi connectivity index (χ4n) is 8.91. The van der Waals surface area contributed by atoms with Gasteiger partial charge in [0, 0.05) is 44.3 Å². The third-order valence-corrected chi connectivity index (χ3v) is 11.4. The molecule has 3 saturated heterocycles. The number of carbonyl (C=O) groups is 2. The molecule has 0 radical (unpaired) electrons. The molecular formula is C37H48F2N6O3.